The maximum atomic E-state index is 13.3. The summed E-state index contributed by atoms with van der Waals surface area (Å²) in [5.74, 6) is 1.14. The molecule has 1 saturated carbocycles. The lowest BCUT2D eigenvalue weighted by Gasteiger charge is -2.27. The fourth-order valence-corrected chi connectivity index (χ4v) is 5.02. The first-order valence-electron chi connectivity index (χ1n) is 9.06. The number of hydrogen-bond acceptors (Lipinski definition) is 5. The predicted octanol–water partition coefficient (Wildman–Crippen LogP) is 3.87. The van der Waals surface area contributed by atoms with Gasteiger partial charge in [-0.2, -0.15) is 4.31 Å². The van der Waals surface area contributed by atoms with Crippen molar-refractivity contribution in [1.82, 2.24) is 14.3 Å². The first-order valence-corrected chi connectivity index (χ1v) is 10.5. The van der Waals surface area contributed by atoms with Crippen LogP contribution in [0.25, 0.3) is 11.4 Å². The second kappa shape index (κ2) is 7.62. The molecule has 1 aliphatic carbocycles. The smallest absolute Gasteiger partial charge is 0.246 e. The molecule has 0 amide bonds. The van der Waals surface area contributed by atoms with Crippen molar-refractivity contribution in [3.63, 3.8) is 0 Å². The van der Waals surface area contributed by atoms with Crippen molar-refractivity contribution in [2.45, 2.75) is 43.2 Å². The average Bonchev–Trinajstić information content (AvgIpc) is 3.41. The lowest BCUT2D eigenvalue weighted by atomic mass is 10.2. The molecule has 0 unspecified atom stereocenters. The lowest BCUT2D eigenvalue weighted by Crippen LogP contribution is -2.38. The molecule has 0 aliphatic heterocycles. The Morgan fingerprint density at radius 2 is 1.70 bits per heavy atom. The molecule has 0 N–H and O–H groups in total. The normalized spacial score (nSPS) is 15.4. The number of sulfonamides is 1. The predicted molar refractivity (Wildman–Crippen MR) is 101 cm³/mol. The van der Waals surface area contributed by atoms with Gasteiger partial charge in [-0.15, -0.1) is 0 Å². The van der Waals surface area contributed by atoms with Crippen molar-refractivity contribution < 1.29 is 12.8 Å². The van der Waals surface area contributed by atoms with E-state index in [0.29, 0.717) is 11.6 Å². The van der Waals surface area contributed by atoms with Crippen LogP contribution in [-0.2, 0) is 16.6 Å². The molecular weight excluding hydrogens is 362 g/mol. The molecule has 0 bridgehead atoms. The minimum Gasteiger partial charge on any atom is -0.468 e. The lowest BCUT2D eigenvalue weighted by molar-refractivity contribution is 0.292. The molecule has 27 heavy (non-hydrogen) atoms. The number of aromatic nitrogens is 2. The third kappa shape index (κ3) is 3.79. The van der Waals surface area contributed by atoms with E-state index in [0.717, 1.165) is 31.2 Å². The highest BCUT2D eigenvalue weighted by Crippen LogP contribution is 2.30. The number of benzene rings is 1. The third-order valence-electron chi connectivity index (χ3n) is 4.89. The fourth-order valence-electron chi connectivity index (χ4n) is 3.48. The highest BCUT2D eigenvalue weighted by atomic mass is 32.2. The number of furan rings is 1. The minimum atomic E-state index is -3.71. The molecule has 0 atom stereocenters. The van der Waals surface area contributed by atoms with E-state index in [2.05, 4.69) is 9.97 Å². The van der Waals surface area contributed by atoms with Crippen molar-refractivity contribution in [3.05, 3.63) is 66.9 Å². The minimum absolute atomic E-state index is 0.0195. The molecule has 1 fully saturated rings. The zero-order chi connectivity index (χ0) is 18.7. The molecular formula is C20H21N3O3S. The van der Waals surface area contributed by atoms with Crippen molar-refractivity contribution in [1.29, 1.82) is 0 Å². The molecule has 0 saturated heterocycles. The first-order chi connectivity index (χ1) is 13.1. The van der Waals surface area contributed by atoms with E-state index in [9.17, 15) is 8.42 Å². The van der Waals surface area contributed by atoms with Gasteiger partial charge in [0, 0.05) is 11.6 Å². The number of hydrogen-bond donors (Lipinski definition) is 0. The maximum Gasteiger partial charge on any atom is 0.246 e. The van der Waals surface area contributed by atoms with E-state index in [-0.39, 0.29) is 17.5 Å². The van der Waals surface area contributed by atoms with Crippen molar-refractivity contribution in [3.8, 4) is 11.4 Å². The molecule has 4 rings (SSSR count). The second-order valence-corrected chi connectivity index (χ2v) is 8.57. The maximum absolute atomic E-state index is 13.3. The van der Waals surface area contributed by atoms with Gasteiger partial charge in [0.05, 0.1) is 25.2 Å². The molecule has 3 aromatic rings. The van der Waals surface area contributed by atoms with Crippen LogP contribution in [-0.4, -0.2) is 28.7 Å². The molecule has 6 nitrogen and oxygen atoms in total. The summed E-state index contributed by atoms with van der Waals surface area (Å²) < 4.78 is 33.5. The molecule has 0 radical (unpaired) electrons. The Morgan fingerprint density at radius 3 is 2.33 bits per heavy atom. The van der Waals surface area contributed by atoms with Crippen LogP contribution >= 0.6 is 0 Å². The molecule has 1 aliphatic rings. The SMILES string of the molecule is O=S(=O)(c1cnc(-c2ccccc2)nc1)N(Cc1ccco1)C1CCCC1. The van der Waals surface area contributed by atoms with E-state index < -0.39 is 10.0 Å². The van der Waals surface area contributed by atoms with Crippen LogP contribution in [0.1, 0.15) is 31.4 Å². The number of nitrogens with zero attached hydrogens (tertiary/aromatic N) is 3. The van der Waals surface area contributed by atoms with Gasteiger partial charge in [0.2, 0.25) is 10.0 Å². The molecule has 2 aromatic heterocycles. The zero-order valence-electron chi connectivity index (χ0n) is 14.9. The monoisotopic (exact) mass is 383 g/mol. The van der Waals surface area contributed by atoms with Crippen LogP contribution in [0.2, 0.25) is 0 Å². The molecule has 7 heteroatoms. The summed E-state index contributed by atoms with van der Waals surface area (Å²) in [4.78, 5) is 8.67. The van der Waals surface area contributed by atoms with Crippen molar-refractivity contribution in [2.24, 2.45) is 0 Å². The van der Waals surface area contributed by atoms with Crippen LogP contribution in [0.4, 0.5) is 0 Å². The van der Waals surface area contributed by atoms with Crippen LogP contribution in [0.3, 0.4) is 0 Å². The average molecular weight is 383 g/mol. The Morgan fingerprint density at radius 1 is 1.00 bits per heavy atom. The molecule has 1 aromatic carbocycles. The highest BCUT2D eigenvalue weighted by molar-refractivity contribution is 7.89. The van der Waals surface area contributed by atoms with E-state index in [1.807, 2.05) is 30.3 Å². The molecule has 140 valence electrons. The Bertz CT molecular complexity index is 965. The fraction of sp³-hybridized carbons (Fsp3) is 0.300. The summed E-state index contributed by atoms with van der Waals surface area (Å²) in [6.07, 6.45) is 8.17. The summed E-state index contributed by atoms with van der Waals surface area (Å²) in [6.45, 7) is 0.223. The van der Waals surface area contributed by atoms with Gasteiger partial charge in [-0.25, -0.2) is 18.4 Å². The quantitative estimate of drug-likeness (QED) is 0.646. The topological polar surface area (TPSA) is 76.3 Å². The van der Waals surface area contributed by atoms with Gasteiger partial charge < -0.3 is 4.42 Å². The van der Waals surface area contributed by atoms with Gasteiger partial charge >= 0.3 is 0 Å². The highest BCUT2D eigenvalue weighted by Gasteiger charge is 2.34. The summed E-state index contributed by atoms with van der Waals surface area (Å²) in [6, 6.07) is 13.0. The zero-order valence-corrected chi connectivity index (χ0v) is 15.7. The molecule has 2 heterocycles. The van der Waals surface area contributed by atoms with Crippen LogP contribution < -0.4 is 0 Å². The van der Waals surface area contributed by atoms with Gasteiger partial charge in [-0.3, -0.25) is 0 Å². The van der Waals surface area contributed by atoms with E-state index in [4.69, 9.17) is 4.42 Å². The summed E-state index contributed by atoms with van der Waals surface area (Å²) in [5, 5.41) is 0. The van der Waals surface area contributed by atoms with Gasteiger partial charge in [0.25, 0.3) is 0 Å². The second-order valence-electron chi connectivity index (χ2n) is 6.68. The van der Waals surface area contributed by atoms with Crippen LogP contribution in [0, 0.1) is 0 Å². The van der Waals surface area contributed by atoms with Gasteiger partial charge in [0.1, 0.15) is 10.7 Å². The van der Waals surface area contributed by atoms with E-state index in [1.54, 1.807) is 22.7 Å². The largest absolute Gasteiger partial charge is 0.468 e. The Balaban J connectivity index is 1.64. The standard InChI is InChI=1S/C20H21N3O3S/c24-27(25,19-13-21-20(22-14-19)16-7-2-1-3-8-16)23(17-9-4-5-10-17)15-18-11-6-12-26-18/h1-3,6-8,11-14,17H,4-5,9-10,15H2. The van der Waals surface area contributed by atoms with Gasteiger partial charge in [0.15, 0.2) is 5.82 Å². The summed E-state index contributed by atoms with van der Waals surface area (Å²) >= 11 is 0. The summed E-state index contributed by atoms with van der Waals surface area (Å²) in [5.41, 5.74) is 0.852. The van der Waals surface area contributed by atoms with Crippen molar-refractivity contribution >= 4 is 10.0 Å². The molecule has 0 spiro atoms. The van der Waals surface area contributed by atoms with E-state index in [1.165, 1.54) is 12.4 Å². The van der Waals surface area contributed by atoms with Crippen molar-refractivity contribution in [2.75, 3.05) is 0 Å². The third-order valence-corrected chi connectivity index (χ3v) is 6.74. The summed E-state index contributed by atoms with van der Waals surface area (Å²) in [7, 11) is -3.71. The van der Waals surface area contributed by atoms with Gasteiger partial charge in [-0.05, 0) is 25.0 Å². The van der Waals surface area contributed by atoms with Gasteiger partial charge in [-0.1, -0.05) is 43.2 Å². The Labute approximate surface area is 158 Å². The van der Waals surface area contributed by atoms with Crippen LogP contribution in [0.5, 0.6) is 0 Å². The number of rotatable bonds is 6. The first kappa shape index (κ1) is 17.9. The Hall–Kier alpha value is -2.51. The Kier molecular flexibility index (Phi) is 5.05. The van der Waals surface area contributed by atoms with Crippen LogP contribution in [0.15, 0.2) is 70.4 Å². The van der Waals surface area contributed by atoms with E-state index >= 15 is 0 Å².